The molecular weight excluding hydrogens is 228 g/mol. The zero-order valence-corrected chi connectivity index (χ0v) is 11.6. The molecule has 1 aromatic heterocycles. The van der Waals surface area contributed by atoms with Gasteiger partial charge in [0.25, 0.3) is 0 Å². The largest absolute Gasteiger partial charge is 0.375 e. The van der Waals surface area contributed by atoms with Crippen molar-refractivity contribution in [1.29, 1.82) is 0 Å². The van der Waals surface area contributed by atoms with Gasteiger partial charge in [-0.15, -0.1) is 0 Å². The third-order valence-corrected chi connectivity index (χ3v) is 3.60. The maximum Gasteiger partial charge on any atom is 0.130 e. The van der Waals surface area contributed by atoms with E-state index < -0.39 is 0 Å². The smallest absolute Gasteiger partial charge is 0.130 e. The number of nitrogens with two attached hydrogens (primary N) is 1. The van der Waals surface area contributed by atoms with Crippen LogP contribution in [0.2, 0.25) is 0 Å². The van der Waals surface area contributed by atoms with Crippen LogP contribution < -0.4 is 10.6 Å². The first-order chi connectivity index (χ1) is 8.67. The molecule has 2 N–H and O–H groups in total. The first-order valence-electron chi connectivity index (χ1n) is 6.76. The molecule has 5 nitrogen and oxygen atoms in total. The highest BCUT2D eigenvalue weighted by Gasteiger charge is 2.24. The number of hydrogen-bond acceptors (Lipinski definition) is 4. The minimum Gasteiger partial charge on any atom is -0.375 e. The fourth-order valence-electron chi connectivity index (χ4n) is 2.68. The summed E-state index contributed by atoms with van der Waals surface area (Å²) < 4.78 is 7.71. The average Bonchev–Trinajstić information content (AvgIpc) is 2.65. The topological polar surface area (TPSA) is 56.3 Å². The highest BCUT2D eigenvalue weighted by molar-refractivity contribution is 5.50. The molecule has 0 aromatic carbocycles. The van der Waals surface area contributed by atoms with Crippen molar-refractivity contribution >= 4 is 5.82 Å². The van der Waals surface area contributed by atoms with Crippen LogP contribution in [-0.4, -0.2) is 42.1 Å². The molecule has 1 saturated heterocycles. The zero-order valence-electron chi connectivity index (χ0n) is 11.6. The molecular formula is C13H24N4O. The Labute approximate surface area is 109 Å². The van der Waals surface area contributed by atoms with Gasteiger partial charge in [0.05, 0.1) is 18.4 Å². The first-order valence-corrected chi connectivity index (χ1v) is 6.76. The van der Waals surface area contributed by atoms with Gasteiger partial charge in [-0.1, -0.05) is 6.92 Å². The monoisotopic (exact) mass is 252 g/mol. The Hall–Kier alpha value is -1.07. The molecule has 18 heavy (non-hydrogen) atoms. The SMILES string of the molecule is CCC1CN(c2c(CCN)c(C)nn2C)CCO1. The summed E-state index contributed by atoms with van der Waals surface area (Å²) in [5.41, 5.74) is 8.09. The van der Waals surface area contributed by atoms with E-state index >= 15 is 0 Å². The van der Waals surface area contributed by atoms with Gasteiger partial charge in [-0.2, -0.15) is 5.10 Å². The lowest BCUT2D eigenvalue weighted by Crippen LogP contribution is -2.43. The molecule has 1 unspecified atom stereocenters. The highest BCUT2D eigenvalue weighted by atomic mass is 16.5. The number of hydrogen-bond donors (Lipinski definition) is 1. The van der Waals surface area contributed by atoms with Gasteiger partial charge in [-0.3, -0.25) is 4.68 Å². The van der Waals surface area contributed by atoms with E-state index in [2.05, 4.69) is 23.8 Å². The summed E-state index contributed by atoms with van der Waals surface area (Å²) in [6.07, 6.45) is 2.28. The van der Waals surface area contributed by atoms with Gasteiger partial charge in [-0.05, 0) is 26.3 Å². The van der Waals surface area contributed by atoms with Crippen LogP contribution >= 0.6 is 0 Å². The summed E-state index contributed by atoms with van der Waals surface area (Å²) in [4.78, 5) is 2.39. The van der Waals surface area contributed by atoms with E-state index in [9.17, 15) is 0 Å². The van der Waals surface area contributed by atoms with Crippen LogP contribution in [0.5, 0.6) is 0 Å². The summed E-state index contributed by atoms with van der Waals surface area (Å²) >= 11 is 0. The lowest BCUT2D eigenvalue weighted by Gasteiger charge is -2.34. The molecule has 0 spiro atoms. The number of ether oxygens (including phenoxy) is 1. The van der Waals surface area contributed by atoms with Crippen molar-refractivity contribution in [2.75, 3.05) is 31.1 Å². The van der Waals surface area contributed by atoms with Crippen molar-refractivity contribution in [3.8, 4) is 0 Å². The number of rotatable bonds is 4. The van der Waals surface area contributed by atoms with Gasteiger partial charge < -0.3 is 15.4 Å². The number of aromatic nitrogens is 2. The lowest BCUT2D eigenvalue weighted by molar-refractivity contribution is 0.0379. The number of nitrogens with zero attached hydrogens (tertiary/aromatic N) is 3. The Morgan fingerprint density at radius 2 is 2.28 bits per heavy atom. The van der Waals surface area contributed by atoms with Crippen LogP contribution in [-0.2, 0) is 18.2 Å². The Morgan fingerprint density at radius 3 is 2.94 bits per heavy atom. The number of anilines is 1. The standard InChI is InChI=1S/C13H24N4O/c1-4-11-9-17(7-8-18-11)13-12(5-6-14)10(2)15-16(13)3/h11H,4-9,14H2,1-3H3. The minimum atomic E-state index is 0.333. The van der Waals surface area contributed by atoms with Crippen molar-refractivity contribution < 1.29 is 4.74 Å². The van der Waals surface area contributed by atoms with E-state index in [0.717, 1.165) is 38.2 Å². The molecule has 0 amide bonds. The van der Waals surface area contributed by atoms with Crippen molar-refractivity contribution in [2.45, 2.75) is 32.8 Å². The summed E-state index contributed by atoms with van der Waals surface area (Å²) in [5.74, 6) is 1.22. The van der Waals surface area contributed by atoms with Gasteiger partial charge in [0.2, 0.25) is 0 Å². The molecule has 0 radical (unpaired) electrons. The molecule has 1 atom stereocenters. The third-order valence-electron chi connectivity index (χ3n) is 3.60. The Bertz CT molecular complexity index is 402. The quantitative estimate of drug-likeness (QED) is 0.863. The molecule has 2 rings (SSSR count). The van der Waals surface area contributed by atoms with Crippen LogP contribution in [0.15, 0.2) is 0 Å². The molecule has 2 heterocycles. The number of morpholine rings is 1. The van der Waals surface area contributed by atoms with Gasteiger partial charge in [0.15, 0.2) is 0 Å². The fraction of sp³-hybridized carbons (Fsp3) is 0.769. The Balaban J connectivity index is 2.25. The van der Waals surface area contributed by atoms with Crippen molar-refractivity contribution in [1.82, 2.24) is 9.78 Å². The lowest BCUT2D eigenvalue weighted by atomic mass is 10.1. The normalized spacial score (nSPS) is 20.4. The van der Waals surface area contributed by atoms with E-state index in [4.69, 9.17) is 10.5 Å². The molecule has 5 heteroatoms. The van der Waals surface area contributed by atoms with Crippen LogP contribution in [0.1, 0.15) is 24.6 Å². The Kier molecular flexibility index (Phi) is 4.24. The summed E-state index contributed by atoms with van der Waals surface area (Å²) in [7, 11) is 2.01. The second-order valence-corrected chi connectivity index (χ2v) is 4.90. The van der Waals surface area contributed by atoms with E-state index in [1.54, 1.807) is 0 Å². The van der Waals surface area contributed by atoms with Crippen LogP contribution in [0.4, 0.5) is 5.82 Å². The molecule has 1 aromatic rings. The number of aryl methyl sites for hydroxylation is 2. The van der Waals surface area contributed by atoms with Crippen LogP contribution in [0.3, 0.4) is 0 Å². The summed E-state index contributed by atoms with van der Waals surface area (Å²) in [6.45, 7) is 7.58. The van der Waals surface area contributed by atoms with E-state index in [1.807, 2.05) is 11.7 Å². The second kappa shape index (κ2) is 5.71. The van der Waals surface area contributed by atoms with Gasteiger partial charge in [0.1, 0.15) is 5.82 Å². The summed E-state index contributed by atoms with van der Waals surface area (Å²) in [6, 6.07) is 0. The van der Waals surface area contributed by atoms with E-state index in [0.29, 0.717) is 12.6 Å². The molecule has 0 bridgehead atoms. The maximum absolute atomic E-state index is 5.73. The summed E-state index contributed by atoms with van der Waals surface area (Å²) in [5, 5.41) is 4.53. The molecule has 102 valence electrons. The van der Waals surface area contributed by atoms with Crippen molar-refractivity contribution in [3.63, 3.8) is 0 Å². The van der Waals surface area contributed by atoms with Crippen molar-refractivity contribution in [2.24, 2.45) is 12.8 Å². The maximum atomic E-state index is 5.73. The predicted octanol–water partition coefficient (Wildman–Crippen LogP) is 0.845. The van der Waals surface area contributed by atoms with Gasteiger partial charge >= 0.3 is 0 Å². The van der Waals surface area contributed by atoms with Gasteiger partial charge in [0, 0.05) is 25.7 Å². The molecule has 0 saturated carbocycles. The second-order valence-electron chi connectivity index (χ2n) is 4.90. The highest BCUT2D eigenvalue weighted by Crippen LogP contribution is 2.25. The van der Waals surface area contributed by atoms with E-state index in [1.165, 1.54) is 11.4 Å². The van der Waals surface area contributed by atoms with Crippen LogP contribution in [0, 0.1) is 6.92 Å². The van der Waals surface area contributed by atoms with E-state index in [-0.39, 0.29) is 0 Å². The van der Waals surface area contributed by atoms with Crippen molar-refractivity contribution in [3.05, 3.63) is 11.3 Å². The molecule has 0 aliphatic carbocycles. The Morgan fingerprint density at radius 1 is 1.50 bits per heavy atom. The first kappa shape index (κ1) is 13.4. The molecule has 1 aliphatic heterocycles. The minimum absolute atomic E-state index is 0.333. The predicted molar refractivity (Wildman–Crippen MR) is 72.9 cm³/mol. The third kappa shape index (κ3) is 2.52. The average molecular weight is 252 g/mol. The van der Waals surface area contributed by atoms with Crippen LogP contribution in [0.25, 0.3) is 0 Å². The molecule has 1 fully saturated rings. The fourth-order valence-corrected chi connectivity index (χ4v) is 2.68. The zero-order chi connectivity index (χ0) is 13.1. The molecule has 1 aliphatic rings. The van der Waals surface area contributed by atoms with Gasteiger partial charge in [-0.25, -0.2) is 0 Å².